The Morgan fingerprint density at radius 3 is 2.07 bits per heavy atom. The summed E-state index contributed by atoms with van der Waals surface area (Å²) >= 11 is 0. The van der Waals surface area contributed by atoms with Gasteiger partial charge in [0, 0.05) is 12.5 Å². The van der Waals surface area contributed by atoms with Crippen LogP contribution >= 0.6 is 0 Å². The minimum absolute atomic E-state index is 0.0141. The van der Waals surface area contributed by atoms with E-state index in [0.717, 1.165) is 10.6 Å². The fourth-order valence-corrected chi connectivity index (χ4v) is 5.82. The summed E-state index contributed by atoms with van der Waals surface area (Å²) in [5, 5.41) is 1.09. The lowest BCUT2D eigenvalue weighted by molar-refractivity contribution is -0.172. The molecule has 234 valence electrons. The van der Waals surface area contributed by atoms with Crippen LogP contribution in [0, 0.1) is 0 Å². The Morgan fingerprint density at radius 1 is 1.00 bits per heavy atom. The molecule has 1 saturated carbocycles. The first kappa shape index (κ1) is 32.5. The van der Waals surface area contributed by atoms with Gasteiger partial charge < -0.3 is 4.74 Å². The minimum Gasteiger partial charge on any atom is -0.373 e. The summed E-state index contributed by atoms with van der Waals surface area (Å²) in [5.41, 5.74) is -3.77. The van der Waals surface area contributed by atoms with E-state index in [1.165, 1.54) is 32.3 Å². The maximum absolute atomic E-state index is 13.5. The predicted octanol–water partition coefficient (Wildman–Crippen LogP) is 6.33. The van der Waals surface area contributed by atoms with Crippen LogP contribution in [0.15, 0.2) is 53.5 Å². The molecule has 1 fully saturated rings. The lowest BCUT2D eigenvalue weighted by atomic mass is 9.63. The van der Waals surface area contributed by atoms with Gasteiger partial charge in [0.15, 0.2) is 0 Å². The average Bonchev–Trinajstić information content (AvgIpc) is 3.42. The summed E-state index contributed by atoms with van der Waals surface area (Å²) in [6, 6.07) is 10.7. The van der Waals surface area contributed by atoms with Crippen molar-refractivity contribution in [2.45, 2.75) is 68.4 Å². The van der Waals surface area contributed by atoms with Crippen molar-refractivity contribution in [2.24, 2.45) is 4.99 Å². The number of hydrogen-bond donors (Lipinski definition) is 0. The van der Waals surface area contributed by atoms with E-state index in [1.54, 1.807) is 0 Å². The van der Waals surface area contributed by atoms with Gasteiger partial charge in [0.25, 0.3) is 0 Å². The molecule has 1 aliphatic heterocycles. The monoisotopic (exact) mass is 613 g/mol. The zero-order chi connectivity index (χ0) is 31.6. The number of amides is 2. The molecule has 0 saturated heterocycles. The van der Waals surface area contributed by atoms with Gasteiger partial charge in [-0.05, 0) is 61.9 Å². The molecule has 4 rings (SSSR count). The smallest absolute Gasteiger partial charge is 0.373 e. The molecule has 2 aliphatic rings. The fourth-order valence-electron chi connectivity index (χ4n) is 5.82. The van der Waals surface area contributed by atoms with Crippen LogP contribution in [0.3, 0.4) is 0 Å². The van der Waals surface area contributed by atoms with Crippen LogP contribution in [0.5, 0.6) is 0 Å². The van der Waals surface area contributed by atoms with Crippen LogP contribution in [0.1, 0.15) is 67.4 Å². The number of rotatable bonds is 9. The topological polar surface area (TPSA) is 71.4 Å². The number of alkyl halides is 6. The summed E-state index contributed by atoms with van der Waals surface area (Å²) in [5.74, 6) is -0.576. The maximum atomic E-state index is 13.5. The second-order valence-corrected chi connectivity index (χ2v) is 11.1. The summed E-state index contributed by atoms with van der Waals surface area (Å²) in [6.07, 6.45) is -8.06. The Kier molecular flexibility index (Phi) is 9.27. The van der Waals surface area contributed by atoms with Gasteiger partial charge in [-0.25, -0.2) is 5.06 Å². The molecule has 0 bridgehead atoms. The summed E-state index contributed by atoms with van der Waals surface area (Å²) in [4.78, 5) is 36.3. The van der Waals surface area contributed by atoms with Crippen LogP contribution in [0.25, 0.3) is 0 Å². The van der Waals surface area contributed by atoms with Gasteiger partial charge in [-0.3, -0.25) is 24.3 Å². The van der Waals surface area contributed by atoms with Crippen molar-refractivity contribution >= 4 is 18.2 Å². The molecule has 1 heterocycles. The summed E-state index contributed by atoms with van der Waals surface area (Å²) < 4.78 is 86.9. The third kappa shape index (κ3) is 7.04. The summed E-state index contributed by atoms with van der Waals surface area (Å²) in [6.45, 7) is 1.37. The number of carbonyl (C=O) groups is 2. The van der Waals surface area contributed by atoms with Crippen LogP contribution in [-0.2, 0) is 36.9 Å². The summed E-state index contributed by atoms with van der Waals surface area (Å²) in [7, 11) is 2.83. The lowest BCUT2D eigenvalue weighted by Crippen LogP contribution is -2.56. The molecule has 2 aromatic carbocycles. The molecule has 1 aliphatic carbocycles. The van der Waals surface area contributed by atoms with Crippen molar-refractivity contribution in [1.82, 2.24) is 9.96 Å². The van der Waals surface area contributed by atoms with Crippen molar-refractivity contribution < 1.29 is 45.5 Å². The third-order valence-corrected chi connectivity index (χ3v) is 8.52. The molecule has 13 heteroatoms. The second-order valence-electron chi connectivity index (χ2n) is 11.1. The number of nitrogens with zero attached hydrogens (tertiary/aromatic N) is 3. The van der Waals surface area contributed by atoms with E-state index in [4.69, 9.17) is 9.57 Å². The van der Waals surface area contributed by atoms with Crippen molar-refractivity contribution in [3.05, 3.63) is 70.8 Å². The van der Waals surface area contributed by atoms with Crippen molar-refractivity contribution in [3.63, 3.8) is 0 Å². The molecular formula is C30H33F6N3O4. The normalized spacial score (nSPS) is 23.5. The van der Waals surface area contributed by atoms with Gasteiger partial charge in [0.2, 0.25) is 11.8 Å². The highest BCUT2D eigenvalue weighted by atomic mass is 19.4. The van der Waals surface area contributed by atoms with Crippen molar-refractivity contribution in [2.75, 3.05) is 27.3 Å². The quantitative estimate of drug-likeness (QED) is 0.245. The first-order valence-corrected chi connectivity index (χ1v) is 13.7. The van der Waals surface area contributed by atoms with E-state index in [0.29, 0.717) is 37.8 Å². The number of hydroxylamine groups is 2. The van der Waals surface area contributed by atoms with Gasteiger partial charge in [0.1, 0.15) is 6.54 Å². The van der Waals surface area contributed by atoms with Crippen molar-refractivity contribution in [3.8, 4) is 0 Å². The number of aliphatic imine (C=N–C) groups is 1. The lowest BCUT2D eigenvalue weighted by Gasteiger charge is -2.50. The Hall–Kier alpha value is -3.45. The highest BCUT2D eigenvalue weighted by Gasteiger charge is 2.50. The number of carbonyl (C=O) groups excluding carboxylic acids is 2. The minimum atomic E-state index is -4.97. The molecule has 1 atom stereocenters. The van der Waals surface area contributed by atoms with Crippen molar-refractivity contribution in [1.29, 1.82) is 0 Å². The second kappa shape index (κ2) is 12.3. The van der Waals surface area contributed by atoms with E-state index < -0.39 is 40.5 Å². The fraction of sp³-hybridized carbons (Fsp3) is 0.500. The Bertz CT molecular complexity index is 1310. The standard InChI is InChI=1S/C30H33F6N3O4/c1-20(21-13-23(29(31,32)33)15-24(14-21)30(34,35)36)43-18-27(22-7-5-4-6-8-22)9-11-28(12-10-27,16-25(40)38(2)42-3)39-19-37-17-26(39)41/h4-8,13-15,19-20H,9-12,16-18H2,1-3H3/t20-,27?,28?/m1/s1. The first-order valence-electron chi connectivity index (χ1n) is 13.7. The molecule has 43 heavy (non-hydrogen) atoms. The Morgan fingerprint density at radius 2 is 1.58 bits per heavy atom. The maximum Gasteiger partial charge on any atom is 0.416 e. The van der Waals surface area contributed by atoms with Gasteiger partial charge in [0.05, 0.1) is 49.2 Å². The molecule has 0 aromatic heterocycles. The van der Waals surface area contributed by atoms with E-state index in [2.05, 4.69) is 4.99 Å². The molecule has 0 unspecified atom stereocenters. The molecule has 0 N–H and O–H groups in total. The Labute approximate surface area is 245 Å². The Balaban J connectivity index is 1.63. The van der Waals surface area contributed by atoms with Crippen LogP contribution in [0.2, 0.25) is 0 Å². The SMILES string of the molecule is CON(C)C(=O)CC1(N2C=NCC2=O)CCC(CO[C@H](C)c2cc(C(F)(F)F)cc(C(F)(F)F)c2)(c2ccccc2)CC1. The van der Waals surface area contributed by atoms with Gasteiger partial charge in [-0.1, -0.05) is 30.3 Å². The van der Waals surface area contributed by atoms with E-state index >= 15 is 0 Å². The third-order valence-electron chi connectivity index (χ3n) is 8.52. The number of ether oxygens (including phenoxy) is 1. The molecule has 2 aromatic rings. The van der Waals surface area contributed by atoms with Crippen LogP contribution in [0.4, 0.5) is 26.3 Å². The van der Waals surface area contributed by atoms with Crippen LogP contribution < -0.4 is 0 Å². The van der Waals surface area contributed by atoms with E-state index in [1.807, 2.05) is 30.3 Å². The predicted molar refractivity (Wildman–Crippen MR) is 145 cm³/mol. The number of benzene rings is 2. The molecular weight excluding hydrogens is 580 g/mol. The largest absolute Gasteiger partial charge is 0.416 e. The number of hydrogen-bond acceptors (Lipinski definition) is 5. The van der Waals surface area contributed by atoms with Gasteiger partial charge in [-0.2, -0.15) is 26.3 Å². The number of halogens is 6. The molecule has 0 radical (unpaired) electrons. The van der Waals surface area contributed by atoms with Crippen LogP contribution in [-0.4, -0.2) is 61.0 Å². The zero-order valence-corrected chi connectivity index (χ0v) is 24.0. The zero-order valence-electron chi connectivity index (χ0n) is 24.0. The van der Waals surface area contributed by atoms with E-state index in [9.17, 15) is 35.9 Å². The van der Waals surface area contributed by atoms with Gasteiger partial charge in [-0.15, -0.1) is 0 Å². The average molecular weight is 614 g/mol. The molecule has 0 spiro atoms. The highest BCUT2D eigenvalue weighted by molar-refractivity contribution is 5.95. The van der Waals surface area contributed by atoms with Gasteiger partial charge >= 0.3 is 12.4 Å². The first-order chi connectivity index (χ1) is 20.1. The highest BCUT2D eigenvalue weighted by Crippen LogP contribution is 2.48. The van der Waals surface area contributed by atoms with E-state index in [-0.39, 0.29) is 43.0 Å². The molecule has 7 nitrogen and oxygen atoms in total. The molecule has 2 amide bonds.